The van der Waals surface area contributed by atoms with Crippen molar-refractivity contribution in [2.24, 2.45) is 11.7 Å². The Balaban J connectivity index is 1.66. The maximum atomic E-state index is 6.12. The molecule has 0 amide bonds. The Hall–Kier alpha value is -0.380. The highest BCUT2D eigenvalue weighted by Crippen LogP contribution is 2.19. The highest BCUT2D eigenvalue weighted by atomic mass is 32.1. The van der Waals surface area contributed by atoms with Crippen LogP contribution in [-0.2, 0) is 11.2 Å². The normalized spacial score (nSPS) is 23.1. The van der Waals surface area contributed by atoms with Crippen LogP contribution >= 0.6 is 11.3 Å². The average molecular weight is 225 g/mol. The van der Waals surface area contributed by atoms with Crippen LogP contribution in [0.1, 0.15) is 24.8 Å². The van der Waals surface area contributed by atoms with Crippen LogP contribution in [0.2, 0.25) is 0 Å². The number of hydrogen-bond acceptors (Lipinski definition) is 3. The highest BCUT2D eigenvalue weighted by molar-refractivity contribution is 7.07. The predicted octanol–water partition coefficient (Wildman–Crippen LogP) is 2.43. The largest absolute Gasteiger partial charge is 0.381 e. The summed E-state index contributed by atoms with van der Waals surface area (Å²) in [6, 6.07) is 2.53. The standard InChI is InChI=1S/C12H19NOS/c13-12(7-11-3-5-14-8-11)2-1-10-4-6-15-9-10/h4,6,9,11-12H,1-3,5,7-8,13H2. The Labute approximate surface area is 95.4 Å². The molecular formula is C12H19NOS. The molecule has 1 aromatic heterocycles. The Kier molecular flexibility index (Phi) is 4.18. The molecule has 0 spiro atoms. The van der Waals surface area contributed by atoms with E-state index in [9.17, 15) is 0 Å². The van der Waals surface area contributed by atoms with Gasteiger partial charge in [0, 0.05) is 19.3 Å². The zero-order chi connectivity index (χ0) is 10.5. The molecule has 0 aromatic carbocycles. The third-order valence-corrected chi connectivity index (χ3v) is 3.78. The van der Waals surface area contributed by atoms with E-state index in [4.69, 9.17) is 10.5 Å². The minimum Gasteiger partial charge on any atom is -0.381 e. The van der Waals surface area contributed by atoms with Crippen LogP contribution in [0.15, 0.2) is 16.8 Å². The van der Waals surface area contributed by atoms with Gasteiger partial charge in [0.1, 0.15) is 0 Å². The molecule has 2 N–H and O–H groups in total. The van der Waals surface area contributed by atoms with Gasteiger partial charge in [-0.25, -0.2) is 0 Å². The second-order valence-corrected chi connectivity index (χ2v) is 5.18. The van der Waals surface area contributed by atoms with Crippen LogP contribution in [0.5, 0.6) is 0 Å². The number of aryl methyl sites for hydroxylation is 1. The highest BCUT2D eigenvalue weighted by Gasteiger charge is 2.18. The molecule has 2 heterocycles. The summed E-state index contributed by atoms with van der Waals surface area (Å²) in [5.74, 6) is 0.711. The van der Waals surface area contributed by atoms with Gasteiger partial charge in [-0.1, -0.05) is 0 Å². The topological polar surface area (TPSA) is 35.2 Å². The molecule has 0 aliphatic carbocycles. The fraction of sp³-hybridized carbons (Fsp3) is 0.667. The Morgan fingerprint density at radius 2 is 2.53 bits per heavy atom. The van der Waals surface area contributed by atoms with Crippen molar-refractivity contribution in [3.05, 3.63) is 22.4 Å². The number of nitrogens with two attached hydrogens (primary N) is 1. The van der Waals surface area contributed by atoms with Crippen molar-refractivity contribution >= 4 is 11.3 Å². The van der Waals surface area contributed by atoms with E-state index in [0.29, 0.717) is 12.0 Å². The third-order valence-electron chi connectivity index (χ3n) is 3.04. The molecule has 0 radical (unpaired) electrons. The second-order valence-electron chi connectivity index (χ2n) is 4.40. The van der Waals surface area contributed by atoms with E-state index in [-0.39, 0.29) is 0 Å². The van der Waals surface area contributed by atoms with Crippen molar-refractivity contribution < 1.29 is 4.74 Å². The van der Waals surface area contributed by atoms with Crippen molar-refractivity contribution in [1.82, 2.24) is 0 Å². The second kappa shape index (κ2) is 5.64. The van der Waals surface area contributed by atoms with Gasteiger partial charge in [0.05, 0.1) is 0 Å². The zero-order valence-corrected chi connectivity index (χ0v) is 9.84. The molecular weight excluding hydrogens is 206 g/mol. The first-order valence-corrected chi connectivity index (χ1v) is 6.63. The summed E-state index contributed by atoms with van der Waals surface area (Å²) in [6.07, 6.45) is 4.56. The van der Waals surface area contributed by atoms with Gasteiger partial charge in [-0.15, -0.1) is 0 Å². The molecule has 2 rings (SSSR count). The summed E-state index contributed by atoms with van der Waals surface area (Å²) >= 11 is 1.76. The fourth-order valence-electron chi connectivity index (χ4n) is 2.10. The van der Waals surface area contributed by atoms with Crippen LogP contribution in [0.3, 0.4) is 0 Å². The molecule has 3 heteroatoms. The first-order chi connectivity index (χ1) is 7.34. The first kappa shape index (κ1) is 11.1. The first-order valence-electron chi connectivity index (χ1n) is 5.69. The molecule has 1 aliphatic heterocycles. The molecule has 15 heavy (non-hydrogen) atoms. The van der Waals surface area contributed by atoms with Gasteiger partial charge in [0.15, 0.2) is 0 Å². The summed E-state index contributed by atoms with van der Waals surface area (Å²) in [6.45, 7) is 1.86. The van der Waals surface area contributed by atoms with Gasteiger partial charge in [0.2, 0.25) is 0 Å². The molecule has 1 aliphatic rings. The molecule has 1 fully saturated rings. The number of thiophene rings is 1. The van der Waals surface area contributed by atoms with E-state index in [1.54, 1.807) is 11.3 Å². The molecule has 2 unspecified atom stereocenters. The maximum absolute atomic E-state index is 6.12. The monoisotopic (exact) mass is 225 g/mol. The smallest absolute Gasteiger partial charge is 0.0495 e. The summed E-state index contributed by atoms with van der Waals surface area (Å²) in [5.41, 5.74) is 7.55. The summed E-state index contributed by atoms with van der Waals surface area (Å²) in [4.78, 5) is 0. The van der Waals surface area contributed by atoms with Crippen molar-refractivity contribution in [2.45, 2.75) is 31.7 Å². The number of ether oxygens (including phenoxy) is 1. The quantitative estimate of drug-likeness (QED) is 0.835. The van der Waals surface area contributed by atoms with Crippen molar-refractivity contribution in [2.75, 3.05) is 13.2 Å². The van der Waals surface area contributed by atoms with Crippen LogP contribution in [0, 0.1) is 5.92 Å². The van der Waals surface area contributed by atoms with E-state index >= 15 is 0 Å². The van der Waals surface area contributed by atoms with Crippen LogP contribution in [-0.4, -0.2) is 19.3 Å². The summed E-state index contributed by atoms with van der Waals surface area (Å²) < 4.78 is 5.35. The Morgan fingerprint density at radius 1 is 1.60 bits per heavy atom. The minimum absolute atomic E-state index is 0.344. The average Bonchev–Trinajstić information content (AvgIpc) is 2.86. The molecule has 1 aromatic rings. The van der Waals surface area contributed by atoms with E-state index in [2.05, 4.69) is 16.8 Å². The number of hydrogen-bond donors (Lipinski definition) is 1. The summed E-state index contributed by atoms with van der Waals surface area (Å²) in [5, 5.41) is 4.34. The van der Waals surface area contributed by atoms with Gasteiger partial charge in [-0.05, 0) is 54.0 Å². The number of rotatable bonds is 5. The van der Waals surface area contributed by atoms with Gasteiger partial charge < -0.3 is 10.5 Å². The zero-order valence-electron chi connectivity index (χ0n) is 9.02. The van der Waals surface area contributed by atoms with Crippen LogP contribution in [0.25, 0.3) is 0 Å². The Bertz CT molecular complexity index is 267. The van der Waals surface area contributed by atoms with Crippen LogP contribution in [0.4, 0.5) is 0 Å². The van der Waals surface area contributed by atoms with E-state index in [1.165, 1.54) is 12.0 Å². The lowest BCUT2D eigenvalue weighted by Crippen LogP contribution is -2.24. The lowest BCUT2D eigenvalue weighted by atomic mass is 9.96. The van der Waals surface area contributed by atoms with Gasteiger partial charge >= 0.3 is 0 Å². The molecule has 84 valence electrons. The van der Waals surface area contributed by atoms with Gasteiger partial charge in [0.25, 0.3) is 0 Å². The van der Waals surface area contributed by atoms with Crippen molar-refractivity contribution in [1.29, 1.82) is 0 Å². The molecule has 2 atom stereocenters. The molecule has 1 saturated heterocycles. The fourth-order valence-corrected chi connectivity index (χ4v) is 2.81. The lowest BCUT2D eigenvalue weighted by molar-refractivity contribution is 0.182. The molecule has 2 nitrogen and oxygen atoms in total. The maximum Gasteiger partial charge on any atom is 0.0495 e. The van der Waals surface area contributed by atoms with E-state index < -0.39 is 0 Å². The van der Waals surface area contributed by atoms with Gasteiger partial charge in [-0.3, -0.25) is 0 Å². The third kappa shape index (κ3) is 3.59. The van der Waals surface area contributed by atoms with Crippen molar-refractivity contribution in [3.63, 3.8) is 0 Å². The molecule has 0 saturated carbocycles. The minimum atomic E-state index is 0.344. The molecule has 0 bridgehead atoms. The summed E-state index contributed by atoms with van der Waals surface area (Å²) in [7, 11) is 0. The van der Waals surface area contributed by atoms with Crippen LogP contribution < -0.4 is 5.73 Å². The Morgan fingerprint density at radius 3 is 3.20 bits per heavy atom. The van der Waals surface area contributed by atoms with E-state index in [0.717, 1.165) is 32.5 Å². The van der Waals surface area contributed by atoms with Crippen molar-refractivity contribution in [3.8, 4) is 0 Å². The van der Waals surface area contributed by atoms with Gasteiger partial charge in [-0.2, -0.15) is 11.3 Å². The lowest BCUT2D eigenvalue weighted by Gasteiger charge is -2.14. The van der Waals surface area contributed by atoms with E-state index in [1.807, 2.05) is 0 Å². The SMILES string of the molecule is NC(CCc1ccsc1)CC1CCOC1. The predicted molar refractivity (Wildman–Crippen MR) is 64.2 cm³/mol.